The third kappa shape index (κ3) is 5.98. The largest absolute Gasteiger partial charge is 0.493 e. The van der Waals surface area contributed by atoms with Crippen LogP contribution >= 0.6 is 0 Å². The number of piperazine rings is 1. The summed E-state index contributed by atoms with van der Waals surface area (Å²) in [6, 6.07) is 13.4. The molecule has 0 spiro atoms. The number of hydrogen-bond acceptors (Lipinski definition) is 5. The molecule has 2 amide bonds. The van der Waals surface area contributed by atoms with E-state index in [-0.39, 0.29) is 11.8 Å². The molecule has 1 fully saturated rings. The predicted molar refractivity (Wildman–Crippen MR) is 120 cm³/mol. The van der Waals surface area contributed by atoms with Gasteiger partial charge in [0.15, 0.2) is 11.5 Å². The second-order valence-corrected chi connectivity index (χ2v) is 7.67. The Morgan fingerprint density at radius 2 is 1.68 bits per heavy atom. The summed E-state index contributed by atoms with van der Waals surface area (Å²) < 4.78 is 10.7. The van der Waals surface area contributed by atoms with Gasteiger partial charge in [-0.3, -0.25) is 14.5 Å². The van der Waals surface area contributed by atoms with Crippen LogP contribution in [0.4, 0.5) is 0 Å². The maximum absolute atomic E-state index is 12.5. The van der Waals surface area contributed by atoms with Crippen molar-refractivity contribution in [1.82, 2.24) is 15.1 Å². The fourth-order valence-corrected chi connectivity index (χ4v) is 3.76. The van der Waals surface area contributed by atoms with Crippen LogP contribution < -0.4 is 14.8 Å². The van der Waals surface area contributed by atoms with Crippen LogP contribution in [0.25, 0.3) is 0 Å². The van der Waals surface area contributed by atoms with Crippen LogP contribution in [0, 0.1) is 6.92 Å². The van der Waals surface area contributed by atoms with E-state index in [1.54, 1.807) is 20.3 Å². The molecule has 0 bridgehead atoms. The Labute approximate surface area is 183 Å². The molecule has 7 nitrogen and oxygen atoms in total. The van der Waals surface area contributed by atoms with E-state index in [9.17, 15) is 9.59 Å². The number of ether oxygens (including phenoxy) is 2. The highest BCUT2D eigenvalue weighted by molar-refractivity contribution is 5.95. The molecule has 0 atom stereocenters. The Morgan fingerprint density at radius 1 is 0.968 bits per heavy atom. The SMILES string of the molecule is COc1ccc(CN2CCN(C(=O)CCNC(=O)c3ccccc3C)CC2)cc1OC. The van der Waals surface area contributed by atoms with Gasteiger partial charge in [-0.1, -0.05) is 24.3 Å². The average Bonchev–Trinajstić information content (AvgIpc) is 2.79. The van der Waals surface area contributed by atoms with Crippen molar-refractivity contribution in [1.29, 1.82) is 0 Å². The van der Waals surface area contributed by atoms with Crippen molar-refractivity contribution >= 4 is 11.8 Å². The van der Waals surface area contributed by atoms with Crippen molar-refractivity contribution in [2.45, 2.75) is 19.9 Å². The van der Waals surface area contributed by atoms with E-state index < -0.39 is 0 Å². The number of methoxy groups -OCH3 is 2. The van der Waals surface area contributed by atoms with Gasteiger partial charge in [0.2, 0.25) is 5.91 Å². The number of carbonyl (C=O) groups excluding carboxylic acids is 2. The normalized spacial score (nSPS) is 14.2. The van der Waals surface area contributed by atoms with Gasteiger partial charge in [-0.15, -0.1) is 0 Å². The molecular weight excluding hydrogens is 394 g/mol. The van der Waals surface area contributed by atoms with Gasteiger partial charge in [0.1, 0.15) is 0 Å². The lowest BCUT2D eigenvalue weighted by atomic mass is 10.1. The molecule has 31 heavy (non-hydrogen) atoms. The number of aryl methyl sites for hydroxylation is 1. The lowest BCUT2D eigenvalue weighted by Crippen LogP contribution is -2.48. The predicted octanol–water partition coefficient (Wildman–Crippen LogP) is 2.48. The van der Waals surface area contributed by atoms with Gasteiger partial charge in [-0.2, -0.15) is 0 Å². The van der Waals surface area contributed by atoms with E-state index in [4.69, 9.17) is 9.47 Å². The molecule has 2 aromatic carbocycles. The molecule has 0 unspecified atom stereocenters. The van der Waals surface area contributed by atoms with Gasteiger partial charge in [-0.25, -0.2) is 0 Å². The molecule has 1 heterocycles. The van der Waals surface area contributed by atoms with E-state index in [1.165, 1.54) is 0 Å². The van der Waals surface area contributed by atoms with Gasteiger partial charge in [0.25, 0.3) is 5.91 Å². The first-order valence-electron chi connectivity index (χ1n) is 10.6. The fourth-order valence-electron chi connectivity index (χ4n) is 3.76. The first kappa shape index (κ1) is 22.6. The summed E-state index contributed by atoms with van der Waals surface area (Å²) in [6.45, 7) is 6.06. The zero-order valence-corrected chi connectivity index (χ0v) is 18.5. The summed E-state index contributed by atoms with van der Waals surface area (Å²) in [6.07, 6.45) is 0.313. The maximum atomic E-state index is 12.5. The maximum Gasteiger partial charge on any atom is 0.251 e. The van der Waals surface area contributed by atoms with E-state index in [0.717, 1.165) is 42.3 Å². The van der Waals surface area contributed by atoms with Crippen LogP contribution in [0.2, 0.25) is 0 Å². The molecule has 3 rings (SSSR count). The summed E-state index contributed by atoms with van der Waals surface area (Å²) in [4.78, 5) is 29.0. The van der Waals surface area contributed by atoms with Gasteiger partial charge in [-0.05, 0) is 36.2 Å². The molecule has 2 aromatic rings. The lowest BCUT2D eigenvalue weighted by molar-refractivity contribution is -0.132. The minimum absolute atomic E-state index is 0.0795. The Balaban J connectivity index is 1.41. The molecule has 7 heteroatoms. The second kappa shape index (κ2) is 10.8. The number of benzene rings is 2. The molecule has 1 aliphatic rings. The highest BCUT2D eigenvalue weighted by Gasteiger charge is 2.21. The monoisotopic (exact) mass is 425 g/mol. The summed E-state index contributed by atoms with van der Waals surface area (Å²) >= 11 is 0. The van der Waals surface area contributed by atoms with E-state index in [2.05, 4.69) is 10.2 Å². The number of carbonyl (C=O) groups is 2. The number of nitrogens with zero attached hydrogens (tertiary/aromatic N) is 2. The first-order chi connectivity index (χ1) is 15.0. The van der Waals surface area contributed by atoms with Crippen molar-refractivity contribution in [3.05, 3.63) is 59.2 Å². The molecule has 0 saturated carbocycles. The Morgan fingerprint density at radius 3 is 2.35 bits per heavy atom. The van der Waals surface area contributed by atoms with Gasteiger partial charge in [0.05, 0.1) is 14.2 Å². The molecule has 1 aliphatic heterocycles. The number of nitrogens with one attached hydrogen (secondary N) is 1. The van der Waals surface area contributed by atoms with E-state index >= 15 is 0 Å². The Hall–Kier alpha value is -3.06. The van der Waals surface area contributed by atoms with Crippen LogP contribution in [0.1, 0.15) is 27.9 Å². The minimum Gasteiger partial charge on any atom is -0.493 e. The first-order valence-corrected chi connectivity index (χ1v) is 10.6. The van der Waals surface area contributed by atoms with Crippen molar-refractivity contribution in [2.75, 3.05) is 46.9 Å². The molecule has 0 aromatic heterocycles. The van der Waals surface area contributed by atoms with Crippen LogP contribution in [-0.2, 0) is 11.3 Å². The number of amides is 2. The van der Waals surface area contributed by atoms with E-state index in [1.807, 2.05) is 48.2 Å². The van der Waals surface area contributed by atoms with E-state index in [0.29, 0.717) is 31.6 Å². The topological polar surface area (TPSA) is 71.1 Å². The number of hydrogen-bond donors (Lipinski definition) is 1. The highest BCUT2D eigenvalue weighted by Crippen LogP contribution is 2.28. The quantitative estimate of drug-likeness (QED) is 0.704. The third-order valence-electron chi connectivity index (χ3n) is 5.59. The van der Waals surface area contributed by atoms with Crippen LogP contribution in [0.15, 0.2) is 42.5 Å². The van der Waals surface area contributed by atoms with Gasteiger partial charge >= 0.3 is 0 Å². The van der Waals surface area contributed by atoms with Crippen molar-refractivity contribution in [3.63, 3.8) is 0 Å². The summed E-state index contributed by atoms with van der Waals surface area (Å²) in [5, 5.41) is 2.85. The smallest absolute Gasteiger partial charge is 0.251 e. The number of rotatable bonds is 8. The highest BCUT2D eigenvalue weighted by atomic mass is 16.5. The summed E-state index contributed by atoms with van der Waals surface area (Å²) in [7, 11) is 3.26. The molecule has 1 saturated heterocycles. The minimum atomic E-state index is -0.134. The standard InChI is InChI=1S/C24H31N3O4/c1-18-6-4-5-7-20(18)24(29)25-11-10-23(28)27-14-12-26(13-15-27)17-19-8-9-21(30-2)22(16-19)31-3/h4-9,16H,10-15,17H2,1-3H3,(H,25,29). The Kier molecular flexibility index (Phi) is 7.89. The molecule has 1 N–H and O–H groups in total. The van der Waals surface area contributed by atoms with Crippen LogP contribution in [0.3, 0.4) is 0 Å². The van der Waals surface area contributed by atoms with Crippen molar-refractivity contribution in [2.24, 2.45) is 0 Å². The Bertz CT molecular complexity index is 907. The van der Waals surface area contributed by atoms with Crippen LogP contribution in [0.5, 0.6) is 11.5 Å². The third-order valence-corrected chi connectivity index (χ3v) is 5.59. The van der Waals surface area contributed by atoms with Gasteiger partial charge in [0, 0.05) is 51.3 Å². The van der Waals surface area contributed by atoms with Crippen molar-refractivity contribution in [3.8, 4) is 11.5 Å². The van der Waals surface area contributed by atoms with Crippen LogP contribution in [-0.4, -0.2) is 68.6 Å². The van der Waals surface area contributed by atoms with Crippen molar-refractivity contribution < 1.29 is 19.1 Å². The molecular formula is C24H31N3O4. The fraction of sp³-hybridized carbons (Fsp3) is 0.417. The average molecular weight is 426 g/mol. The molecule has 0 aliphatic carbocycles. The second-order valence-electron chi connectivity index (χ2n) is 7.67. The molecule has 0 radical (unpaired) electrons. The molecule has 166 valence electrons. The van der Waals surface area contributed by atoms with Gasteiger partial charge < -0.3 is 19.7 Å². The lowest BCUT2D eigenvalue weighted by Gasteiger charge is -2.35. The zero-order chi connectivity index (χ0) is 22.2. The summed E-state index contributed by atoms with van der Waals surface area (Å²) in [5.74, 6) is 1.39. The summed E-state index contributed by atoms with van der Waals surface area (Å²) in [5.41, 5.74) is 2.73. The zero-order valence-electron chi connectivity index (χ0n) is 18.5.